The SMILES string of the molecule is O=c1[nH]c(=O)n([C@H]2C[C@H](O)[C@@H](CO)O2)cc1-c1nccs1. The first-order valence-electron chi connectivity index (χ1n) is 6.30. The van der Waals surface area contributed by atoms with Crippen LogP contribution < -0.4 is 11.2 Å². The van der Waals surface area contributed by atoms with E-state index in [0.717, 1.165) is 0 Å². The summed E-state index contributed by atoms with van der Waals surface area (Å²) in [5.74, 6) is 0. The van der Waals surface area contributed by atoms with Crippen molar-refractivity contribution in [3.8, 4) is 10.6 Å². The van der Waals surface area contributed by atoms with Crippen LogP contribution in [0.3, 0.4) is 0 Å². The molecule has 0 saturated carbocycles. The fourth-order valence-electron chi connectivity index (χ4n) is 2.26. The Hall–Kier alpha value is -1.81. The van der Waals surface area contributed by atoms with E-state index in [4.69, 9.17) is 9.84 Å². The highest BCUT2D eigenvalue weighted by Crippen LogP contribution is 2.28. The van der Waals surface area contributed by atoms with E-state index in [1.54, 1.807) is 11.6 Å². The molecule has 21 heavy (non-hydrogen) atoms. The van der Waals surface area contributed by atoms with E-state index in [0.29, 0.717) is 5.01 Å². The van der Waals surface area contributed by atoms with Crippen molar-refractivity contribution in [2.45, 2.75) is 24.9 Å². The number of hydrogen-bond donors (Lipinski definition) is 3. The van der Waals surface area contributed by atoms with Crippen LogP contribution in [0, 0.1) is 0 Å². The van der Waals surface area contributed by atoms with Gasteiger partial charge in [-0.15, -0.1) is 11.3 Å². The number of aliphatic hydroxyl groups is 2. The molecular weight excluding hydrogens is 298 g/mol. The van der Waals surface area contributed by atoms with Crippen molar-refractivity contribution in [2.75, 3.05) is 6.61 Å². The molecule has 3 N–H and O–H groups in total. The van der Waals surface area contributed by atoms with E-state index in [1.165, 1.54) is 22.1 Å². The van der Waals surface area contributed by atoms with E-state index < -0.39 is 29.7 Å². The summed E-state index contributed by atoms with van der Waals surface area (Å²) in [6, 6.07) is 0. The Balaban J connectivity index is 2.02. The number of nitrogens with zero attached hydrogens (tertiary/aromatic N) is 2. The first-order valence-corrected chi connectivity index (χ1v) is 7.18. The minimum absolute atomic E-state index is 0.161. The molecule has 8 nitrogen and oxygen atoms in total. The number of thiazole rings is 1. The van der Waals surface area contributed by atoms with Gasteiger partial charge in [0.2, 0.25) is 0 Å². The molecule has 1 fully saturated rings. The second-order valence-corrected chi connectivity index (χ2v) is 5.56. The molecule has 2 aromatic heterocycles. The van der Waals surface area contributed by atoms with Crippen LogP contribution in [-0.4, -0.2) is 43.6 Å². The van der Waals surface area contributed by atoms with E-state index in [2.05, 4.69) is 9.97 Å². The van der Waals surface area contributed by atoms with Gasteiger partial charge in [-0.3, -0.25) is 14.3 Å². The molecule has 3 rings (SSSR count). The summed E-state index contributed by atoms with van der Waals surface area (Å²) in [7, 11) is 0. The molecule has 0 aliphatic carbocycles. The van der Waals surface area contributed by atoms with Crippen molar-refractivity contribution in [1.29, 1.82) is 0 Å². The molecule has 1 aliphatic rings. The van der Waals surface area contributed by atoms with Crippen LogP contribution in [0.5, 0.6) is 0 Å². The second-order valence-electron chi connectivity index (χ2n) is 4.66. The van der Waals surface area contributed by atoms with Gasteiger partial charge in [0.15, 0.2) is 0 Å². The Morgan fingerprint density at radius 1 is 1.52 bits per heavy atom. The van der Waals surface area contributed by atoms with Gasteiger partial charge < -0.3 is 14.9 Å². The molecule has 0 unspecified atom stereocenters. The maximum atomic E-state index is 11.9. The van der Waals surface area contributed by atoms with Crippen molar-refractivity contribution in [3.63, 3.8) is 0 Å². The highest BCUT2D eigenvalue weighted by molar-refractivity contribution is 7.13. The van der Waals surface area contributed by atoms with Crippen molar-refractivity contribution in [1.82, 2.24) is 14.5 Å². The average molecular weight is 311 g/mol. The number of aliphatic hydroxyl groups excluding tert-OH is 2. The van der Waals surface area contributed by atoms with Gasteiger partial charge >= 0.3 is 5.69 Å². The largest absolute Gasteiger partial charge is 0.394 e. The lowest BCUT2D eigenvalue weighted by Gasteiger charge is -2.14. The first-order chi connectivity index (χ1) is 10.1. The van der Waals surface area contributed by atoms with E-state index >= 15 is 0 Å². The molecule has 0 aromatic carbocycles. The summed E-state index contributed by atoms with van der Waals surface area (Å²) in [5.41, 5.74) is -0.894. The standard InChI is InChI=1S/C12H13N3O5S/c16-5-8-7(17)3-9(20-8)15-4-6(10(18)14-12(15)19)11-13-1-2-21-11/h1-2,4,7-9,16-17H,3,5H2,(H,14,18,19)/t7-,8+,9+/m0/s1. The maximum Gasteiger partial charge on any atom is 0.330 e. The number of hydrogen-bond acceptors (Lipinski definition) is 7. The predicted molar refractivity (Wildman–Crippen MR) is 74.1 cm³/mol. The molecule has 1 aliphatic heterocycles. The monoisotopic (exact) mass is 311 g/mol. The molecule has 3 heterocycles. The molecule has 0 radical (unpaired) electrons. The number of rotatable bonds is 3. The molecule has 0 amide bonds. The van der Waals surface area contributed by atoms with Gasteiger partial charge in [-0.1, -0.05) is 0 Å². The van der Waals surface area contributed by atoms with E-state index in [-0.39, 0.29) is 18.6 Å². The van der Waals surface area contributed by atoms with Gasteiger partial charge in [0, 0.05) is 24.2 Å². The zero-order valence-electron chi connectivity index (χ0n) is 10.8. The molecular formula is C12H13N3O5S. The number of nitrogens with one attached hydrogen (secondary N) is 1. The third-order valence-electron chi connectivity index (χ3n) is 3.32. The summed E-state index contributed by atoms with van der Waals surface area (Å²) >= 11 is 1.28. The number of ether oxygens (including phenoxy) is 1. The Labute approximate surface area is 122 Å². The van der Waals surface area contributed by atoms with Crippen LogP contribution in [0.15, 0.2) is 27.4 Å². The quantitative estimate of drug-likeness (QED) is 0.690. The molecule has 9 heteroatoms. The number of H-pyrrole nitrogens is 1. The third kappa shape index (κ3) is 2.56. The molecule has 0 bridgehead atoms. The molecule has 112 valence electrons. The average Bonchev–Trinajstić information content (AvgIpc) is 3.08. The van der Waals surface area contributed by atoms with E-state index in [1.807, 2.05) is 0 Å². The summed E-state index contributed by atoms with van der Waals surface area (Å²) in [4.78, 5) is 30.0. The van der Waals surface area contributed by atoms with Gasteiger partial charge in [0.05, 0.1) is 18.3 Å². The van der Waals surface area contributed by atoms with Crippen LogP contribution in [-0.2, 0) is 4.74 Å². The predicted octanol–water partition coefficient (Wildman–Crippen LogP) is -0.699. The Bertz CT molecular complexity index is 738. The molecule has 2 aromatic rings. The lowest BCUT2D eigenvalue weighted by Crippen LogP contribution is -2.33. The number of aromatic nitrogens is 3. The lowest BCUT2D eigenvalue weighted by atomic mass is 10.2. The van der Waals surface area contributed by atoms with Crippen LogP contribution in [0.4, 0.5) is 0 Å². The van der Waals surface area contributed by atoms with Gasteiger partial charge in [-0.2, -0.15) is 0 Å². The van der Waals surface area contributed by atoms with E-state index in [9.17, 15) is 14.7 Å². The summed E-state index contributed by atoms with van der Waals surface area (Å²) in [6.45, 7) is -0.338. The Morgan fingerprint density at radius 3 is 2.95 bits per heavy atom. The summed E-state index contributed by atoms with van der Waals surface area (Å²) in [5, 5.41) is 21.0. The van der Waals surface area contributed by atoms with Gasteiger partial charge in [-0.25, -0.2) is 9.78 Å². The molecule has 3 atom stereocenters. The zero-order chi connectivity index (χ0) is 15.0. The summed E-state index contributed by atoms with van der Waals surface area (Å²) in [6.07, 6.45) is 0.762. The number of aromatic amines is 1. The van der Waals surface area contributed by atoms with Gasteiger partial charge in [0.25, 0.3) is 5.56 Å². The van der Waals surface area contributed by atoms with Crippen LogP contribution >= 0.6 is 11.3 Å². The van der Waals surface area contributed by atoms with Crippen molar-refractivity contribution in [2.24, 2.45) is 0 Å². The Kier molecular flexibility index (Phi) is 3.72. The maximum absolute atomic E-state index is 11.9. The molecule has 1 saturated heterocycles. The highest BCUT2D eigenvalue weighted by Gasteiger charge is 2.35. The van der Waals surface area contributed by atoms with Crippen LogP contribution in [0.2, 0.25) is 0 Å². The zero-order valence-corrected chi connectivity index (χ0v) is 11.6. The lowest BCUT2D eigenvalue weighted by molar-refractivity contribution is -0.0458. The van der Waals surface area contributed by atoms with Gasteiger partial charge in [-0.05, 0) is 0 Å². The van der Waals surface area contributed by atoms with Crippen molar-refractivity contribution < 1.29 is 14.9 Å². The third-order valence-corrected chi connectivity index (χ3v) is 4.13. The molecule has 0 spiro atoms. The second kappa shape index (κ2) is 5.53. The van der Waals surface area contributed by atoms with Crippen LogP contribution in [0.25, 0.3) is 10.6 Å². The van der Waals surface area contributed by atoms with Crippen molar-refractivity contribution in [3.05, 3.63) is 38.6 Å². The summed E-state index contributed by atoms with van der Waals surface area (Å²) < 4.78 is 6.63. The smallest absolute Gasteiger partial charge is 0.330 e. The minimum Gasteiger partial charge on any atom is -0.394 e. The van der Waals surface area contributed by atoms with Crippen LogP contribution in [0.1, 0.15) is 12.6 Å². The fraction of sp³-hybridized carbons (Fsp3) is 0.417. The first kappa shape index (κ1) is 14.1. The normalized spacial score (nSPS) is 25.3. The fourth-order valence-corrected chi connectivity index (χ4v) is 2.90. The highest BCUT2D eigenvalue weighted by atomic mass is 32.1. The minimum atomic E-state index is -0.859. The van der Waals surface area contributed by atoms with Crippen molar-refractivity contribution >= 4 is 11.3 Å². The Morgan fingerprint density at radius 2 is 2.33 bits per heavy atom. The van der Waals surface area contributed by atoms with Gasteiger partial charge in [0.1, 0.15) is 17.3 Å². The topological polar surface area (TPSA) is 117 Å².